The molecule has 1 heterocycles. The molecule has 3 heteroatoms. The van der Waals surface area contributed by atoms with E-state index >= 15 is 0 Å². The van der Waals surface area contributed by atoms with Crippen LogP contribution in [0.25, 0.3) is 10.9 Å². The zero-order valence-electron chi connectivity index (χ0n) is 20.1. The number of ether oxygens (including phenoxy) is 1. The molecule has 0 bridgehead atoms. The van der Waals surface area contributed by atoms with E-state index in [2.05, 4.69) is 90.6 Å². The van der Waals surface area contributed by atoms with Gasteiger partial charge in [-0.1, -0.05) is 104 Å². The van der Waals surface area contributed by atoms with Crippen molar-refractivity contribution in [2.75, 3.05) is 0 Å². The molecular formula is C32H29NO2. The predicted octanol–water partition coefficient (Wildman–Crippen LogP) is 7.14. The Balaban J connectivity index is 1.70. The van der Waals surface area contributed by atoms with Crippen LogP contribution in [0.15, 0.2) is 121 Å². The molecule has 0 aliphatic rings. The zero-order chi connectivity index (χ0) is 24.3. The smallest absolute Gasteiger partial charge is 0.314 e. The van der Waals surface area contributed by atoms with Crippen LogP contribution in [0.4, 0.5) is 0 Å². The van der Waals surface area contributed by atoms with E-state index in [1.54, 1.807) is 0 Å². The molecule has 0 radical (unpaired) electrons. The molecular weight excluding hydrogens is 430 g/mol. The van der Waals surface area contributed by atoms with Crippen LogP contribution in [-0.2, 0) is 17.3 Å². The highest BCUT2D eigenvalue weighted by atomic mass is 16.5. The molecule has 5 aromatic rings. The van der Waals surface area contributed by atoms with Gasteiger partial charge in [0.2, 0.25) is 0 Å². The SMILES string of the molecule is CC(CC(c1ccccc1)(c1ccccc1)c1cn(C)c2ccccc12)C(=O)Oc1ccccc1. The number of fused-ring (bicyclic) bond motifs is 1. The molecule has 35 heavy (non-hydrogen) atoms. The second kappa shape index (κ2) is 9.63. The third kappa shape index (κ3) is 4.26. The molecule has 174 valence electrons. The largest absolute Gasteiger partial charge is 0.426 e. The van der Waals surface area contributed by atoms with Gasteiger partial charge < -0.3 is 9.30 Å². The van der Waals surface area contributed by atoms with Crippen LogP contribution in [0.2, 0.25) is 0 Å². The van der Waals surface area contributed by atoms with Gasteiger partial charge in [0.25, 0.3) is 0 Å². The predicted molar refractivity (Wildman–Crippen MR) is 142 cm³/mol. The quantitative estimate of drug-likeness (QED) is 0.191. The second-order valence-electron chi connectivity index (χ2n) is 9.15. The fraction of sp³-hybridized carbons (Fsp3) is 0.156. The highest BCUT2D eigenvalue weighted by Gasteiger charge is 2.41. The second-order valence-corrected chi connectivity index (χ2v) is 9.15. The first kappa shape index (κ1) is 22.7. The van der Waals surface area contributed by atoms with Crippen molar-refractivity contribution < 1.29 is 9.53 Å². The van der Waals surface area contributed by atoms with Crippen LogP contribution in [-0.4, -0.2) is 10.5 Å². The summed E-state index contributed by atoms with van der Waals surface area (Å²) in [5, 5.41) is 1.19. The number of para-hydroxylation sites is 2. The Morgan fingerprint density at radius 2 is 1.29 bits per heavy atom. The van der Waals surface area contributed by atoms with Crippen molar-refractivity contribution in [3.63, 3.8) is 0 Å². The molecule has 0 aliphatic carbocycles. The van der Waals surface area contributed by atoms with Gasteiger partial charge in [-0.15, -0.1) is 0 Å². The third-order valence-electron chi connectivity index (χ3n) is 6.87. The van der Waals surface area contributed by atoms with Crippen LogP contribution >= 0.6 is 0 Å². The molecule has 1 unspecified atom stereocenters. The van der Waals surface area contributed by atoms with Crippen molar-refractivity contribution in [1.29, 1.82) is 0 Å². The monoisotopic (exact) mass is 459 g/mol. The summed E-state index contributed by atoms with van der Waals surface area (Å²) >= 11 is 0. The van der Waals surface area contributed by atoms with Crippen molar-refractivity contribution in [3.05, 3.63) is 138 Å². The molecule has 1 aromatic heterocycles. The molecule has 3 nitrogen and oxygen atoms in total. The lowest BCUT2D eigenvalue weighted by atomic mass is 9.65. The van der Waals surface area contributed by atoms with Crippen LogP contribution < -0.4 is 4.74 Å². The molecule has 5 rings (SSSR count). The number of hydrogen-bond acceptors (Lipinski definition) is 2. The summed E-state index contributed by atoms with van der Waals surface area (Å²) < 4.78 is 7.96. The summed E-state index contributed by atoms with van der Waals surface area (Å²) in [7, 11) is 2.08. The summed E-state index contributed by atoms with van der Waals surface area (Å²) in [6, 6.07) is 38.8. The number of nitrogens with zero attached hydrogens (tertiary/aromatic N) is 1. The maximum atomic E-state index is 13.3. The number of hydrogen-bond donors (Lipinski definition) is 0. The van der Waals surface area contributed by atoms with Crippen LogP contribution in [0, 0.1) is 5.92 Å². The Kier molecular flexibility index (Phi) is 6.24. The van der Waals surface area contributed by atoms with Crippen molar-refractivity contribution in [2.45, 2.75) is 18.8 Å². The first-order valence-electron chi connectivity index (χ1n) is 12.0. The maximum absolute atomic E-state index is 13.3. The van der Waals surface area contributed by atoms with E-state index in [4.69, 9.17) is 4.74 Å². The number of aromatic nitrogens is 1. The lowest BCUT2D eigenvalue weighted by Crippen LogP contribution is -2.34. The molecule has 0 aliphatic heterocycles. The highest BCUT2D eigenvalue weighted by molar-refractivity contribution is 5.87. The molecule has 0 spiro atoms. The van der Waals surface area contributed by atoms with Crippen LogP contribution in [0.1, 0.15) is 30.0 Å². The van der Waals surface area contributed by atoms with Gasteiger partial charge in [-0.2, -0.15) is 0 Å². The number of rotatable bonds is 7. The average Bonchev–Trinajstić information content (AvgIpc) is 3.25. The minimum atomic E-state index is -0.543. The van der Waals surface area contributed by atoms with Crippen LogP contribution in [0.5, 0.6) is 5.75 Å². The first-order chi connectivity index (χ1) is 17.1. The lowest BCUT2D eigenvalue weighted by Gasteiger charge is -2.37. The van der Waals surface area contributed by atoms with Crippen molar-refractivity contribution >= 4 is 16.9 Å². The van der Waals surface area contributed by atoms with Gasteiger partial charge in [0.15, 0.2) is 0 Å². The standard InChI is InChI=1S/C32H29NO2/c1-24(31(34)35-27-18-10-5-11-19-27)22-32(25-14-6-3-7-15-25,26-16-8-4-9-17-26)29-23-33(2)30-21-13-12-20-28(29)30/h3-21,23-24H,22H2,1-2H3. The first-order valence-corrected chi connectivity index (χ1v) is 12.0. The summed E-state index contributed by atoms with van der Waals surface area (Å²) in [6.45, 7) is 1.97. The van der Waals surface area contributed by atoms with E-state index in [-0.39, 0.29) is 11.9 Å². The van der Waals surface area contributed by atoms with Gasteiger partial charge in [-0.05, 0) is 41.3 Å². The number of esters is 1. The minimum absolute atomic E-state index is 0.229. The Labute approximate surface area is 206 Å². The van der Waals surface area contributed by atoms with Gasteiger partial charge in [-0.3, -0.25) is 4.79 Å². The Hall–Kier alpha value is -4.11. The average molecular weight is 460 g/mol. The minimum Gasteiger partial charge on any atom is -0.426 e. The number of carbonyl (C=O) groups excluding carboxylic acids is 1. The zero-order valence-corrected chi connectivity index (χ0v) is 20.1. The van der Waals surface area contributed by atoms with E-state index in [1.165, 1.54) is 16.5 Å². The molecule has 1 atom stereocenters. The van der Waals surface area contributed by atoms with Crippen molar-refractivity contribution in [2.24, 2.45) is 13.0 Å². The van der Waals surface area contributed by atoms with Gasteiger partial charge >= 0.3 is 5.97 Å². The topological polar surface area (TPSA) is 31.2 Å². The molecule has 0 amide bonds. The van der Waals surface area contributed by atoms with Gasteiger partial charge in [0, 0.05) is 29.6 Å². The van der Waals surface area contributed by atoms with E-state index in [0.717, 1.165) is 11.1 Å². The summed E-state index contributed by atoms with van der Waals surface area (Å²) in [5.41, 5.74) is 4.12. The third-order valence-corrected chi connectivity index (χ3v) is 6.87. The number of aryl methyl sites for hydroxylation is 1. The molecule has 0 N–H and O–H groups in total. The summed E-state index contributed by atoms with van der Waals surface area (Å²) in [4.78, 5) is 13.3. The van der Waals surface area contributed by atoms with Crippen molar-refractivity contribution in [1.82, 2.24) is 4.57 Å². The van der Waals surface area contributed by atoms with Crippen LogP contribution in [0.3, 0.4) is 0 Å². The highest BCUT2D eigenvalue weighted by Crippen LogP contribution is 2.47. The van der Waals surface area contributed by atoms with Crippen molar-refractivity contribution in [3.8, 4) is 5.75 Å². The fourth-order valence-electron chi connectivity index (χ4n) is 5.20. The Morgan fingerprint density at radius 1 is 0.771 bits per heavy atom. The van der Waals surface area contributed by atoms with Gasteiger partial charge in [-0.25, -0.2) is 0 Å². The molecule has 0 saturated heterocycles. The van der Waals surface area contributed by atoms with E-state index in [9.17, 15) is 4.79 Å². The van der Waals surface area contributed by atoms with E-state index in [1.807, 2.05) is 49.4 Å². The Morgan fingerprint density at radius 3 is 1.89 bits per heavy atom. The Bertz CT molecular complexity index is 1380. The van der Waals surface area contributed by atoms with Gasteiger partial charge in [0.05, 0.1) is 5.92 Å². The molecule has 4 aromatic carbocycles. The molecule has 0 fully saturated rings. The summed E-state index contributed by atoms with van der Waals surface area (Å²) in [5.74, 6) is -0.0122. The van der Waals surface area contributed by atoms with E-state index in [0.29, 0.717) is 12.2 Å². The number of benzene rings is 4. The fourth-order valence-corrected chi connectivity index (χ4v) is 5.20. The number of carbonyl (C=O) groups is 1. The maximum Gasteiger partial charge on any atom is 0.314 e. The van der Waals surface area contributed by atoms with E-state index < -0.39 is 5.41 Å². The lowest BCUT2D eigenvalue weighted by molar-refractivity contribution is -0.138. The van der Waals surface area contributed by atoms with Gasteiger partial charge in [0.1, 0.15) is 5.75 Å². The summed E-state index contributed by atoms with van der Waals surface area (Å²) in [6.07, 6.45) is 2.79. The molecule has 0 saturated carbocycles. The normalized spacial score (nSPS) is 12.4.